The van der Waals surface area contributed by atoms with Crippen LogP contribution in [0, 0.1) is 12.7 Å². The van der Waals surface area contributed by atoms with Gasteiger partial charge in [-0.05, 0) is 43.3 Å². The summed E-state index contributed by atoms with van der Waals surface area (Å²) in [6.07, 6.45) is 0. The molecule has 0 bridgehead atoms. The molecule has 4 aromatic rings. The first-order chi connectivity index (χ1) is 13.5. The molecule has 5 nitrogen and oxygen atoms in total. The normalized spacial score (nSPS) is 11.0. The number of hydrogen-bond acceptors (Lipinski definition) is 5. The number of aromatic nitrogens is 2. The third-order valence-electron chi connectivity index (χ3n) is 4.54. The number of fused-ring (bicyclic) bond motifs is 1. The van der Waals surface area contributed by atoms with Crippen LogP contribution in [0.15, 0.2) is 36.4 Å². The maximum absolute atomic E-state index is 13.5. The summed E-state index contributed by atoms with van der Waals surface area (Å²) in [5.41, 5.74) is 3.56. The van der Waals surface area contributed by atoms with Crippen LogP contribution < -0.4 is 14.2 Å². The molecule has 0 fully saturated rings. The van der Waals surface area contributed by atoms with Gasteiger partial charge in [-0.2, -0.15) is 0 Å². The van der Waals surface area contributed by atoms with Crippen LogP contribution in [0.5, 0.6) is 17.2 Å². The fourth-order valence-electron chi connectivity index (χ4n) is 3.20. The van der Waals surface area contributed by atoms with Crippen LogP contribution in [-0.2, 0) is 0 Å². The number of hydrogen-bond donors (Lipinski definition) is 1. The molecule has 0 saturated heterocycles. The maximum Gasteiger partial charge on any atom is 0.203 e. The lowest BCUT2D eigenvalue weighted by molar-refractivity contribution is 0.324. The second-order valence-corrected chi connectivity index (χ2v) is 7.26. The summed E-state index contributed by atoms with van der Waals surface area (Å²) >= 11 is 1.55. The molecule has 7 heteroatoms. The lowest BCUT2D eigenvalue weighted by Gasteiger charge is -2.13. The molecule has 0 saturated carbocycles. The minimum Gasteiger partial charge on any atom is -0.493 e. The number of H-pyrrole nitrogens is 1. The number of aromatic amines is 1. The SMILES string of the molecule is COc1cc(-c2nc(C)c(-c3cc4cc(F)ccc4[nH]3)s2)cc(OC)c1OC. The van der Waals surface area contributed by atoms with E-state index in [1.54, 1.807) is 38.7 Å². The van der Waals surface area contributed by atoms with Crippen molar-refractivity contribution in [3.63, 3.8) is 0 Å². The Bertz CT molecular complexity index is 1140. The quantitative estimate of drug-likeness (QED) is 0.487. The fraction of sp³-hybridized carbons (Fsp3) is 0.190. The average Bonchev–Trinajstić information content (AvgIpc) is 3.29. The molecule has 4 rings (SSSR count). The standard InChI is InChI=1S/C21H19FN2O3S/c1-11-20(16-8-12-7-14(22)5-6-15(12)24-16)28-21(23-11)13-9-17(25-2)19(27-4)18(10-13)26-3/h5-10,24H,1-4H3. The van der Waals surface area contributed by atoms with Gasteiger partial charge in [0.2, 0.25) is 5.75 Å². The molecule has 0 atom stereocenters. The molecule has 1 N–H and O–H groups in total. The first-order valence-electron chi connectivity index (χ1n) is 8.60. The second-order valence-electron chi connectivity index (χ2n) is 6.26. The van der Waals surface area contributed by atoms with Gasteiger partial charge in [0.05, 0.1) is 37.6 Å². The highest BCUT2D eigenvalue weighted by atomic mass is 32.1. The summed E-state index contributed by atoms with van der Waals surface area (Å²) in [6.45, 7) is 1.96. The summed E-state index contributed by atoms with van der Waals surface area (Å²) in [4.78, 5) is 9.07. The number of methoxy groups -OCH3 is 3. The summed E-state index contributed by atoms with van der Waals surface area (Å²) in [5, 5.41) is 1.66. The van der Waals surface area contributed by atoms with E-state index in [0.717, 1.165) is 37.7 Å². The number of benzene rings is 2. The summed E-state index contributed by atoms with van der Waals surface area (Å²) in [7, 11) is 4.75. The number of nitrogens with zero attached hydrogens (tertiary/aromatic N) is 1. The Labute approximate surface area is 165 Å². The molecule has 0 radical (unpaired) electrons. The molecule has 0 unspecified atom stereocenters. The van der Waals surface area contributed by atoms with Crippen molar-refractivity contribution in [3.05, 3.63) is 47.9 Å². The summed E-state index contributed by atoms with van der Waals surface area (Å²) < 4.78 is 29.8. The van der Waals surface area contributed by atoms with Gasteiger partial charge in [0.1, 0.15) is 10.8 Å². The minimum absolute atomic E-state index is 0.253. The van der Waals surface area contributed by atoms with Crippen molar-refractivity contribution in [1.29, 1.82) is 0 Å². The highest BCUT2D eigenvalue weighted by Gasteiger charge is 2.18. The molecule has 28 heavy (non-hydrogen) atoms. The smallest absolute Gasteiger partial charge is 0.203 e. The van der Waals surface area contributed by atoms with Crippen molar-refractivity contribution in [2.45, 2.75) is 6.92 Å². The van der Waals surface area contributed by atoms with E-state index in [1.165, 1.54) is 12.1 Å². The van der Waals surface area contributed by atoms with Gasteiger partial charge in [-0.15, -0.1) is 11.3 Å². The molecule has 0 aliphatic carbocycles. The Morgan fingerprint density at radius 2 is 1.68 bits per heavy atom. The first-order valence-corrected chi connectivity index (χ1v) is 9.42. The molecule has 0 aliphatic heterocycles. The van der Waals surface area contributed by atoms with Crippen molar-refractivity contribution in [2.24, 2.45) is 0 Å². The van der Waals surface area contributed by atoms with Gasteiger partial charge in [-0.25, -0.2) is 9.37 Å². The second kappa shape index (κ2) is 7.16. The van der Waals surface area contributed by atoms with Crippen molar-refractivity contribution in [2.75, 3.05) is 21.3 Å². The van der Waals surface area contributed by atoms with Crippen molar-refractivity contribution in [1.82, 2.24) is 9.97 Å². The number of ether oxygens (including phenoxy) is 3. The minimum atomic E-state index is -0.253. The highest BCUT2D eigenvalue weighted by molar-refractivity contribution is 7.18. The number of aryl methyl sites for hydroxylation is 1. The van der Waals surface area contributed by atoms with E-state index in [1.807, 2.05) is 25.1 Å². The molecule has 144 valence electrons. The van der Waals surface area contributed by atoms with Crippen LogP contribution in [0.3, 0.4) is 0 Å². The van der Waals surface area contributed by atoms with Crippen LogP contribution >= 0.6 is 11.3 Å². The number of nitrogens with one attached hydrogen (secondary N) is 1. The van der Waals surface area contributed by atoms with Crippen LogP contribution in [0.2, 0.25) is 0 Å². The van der Waals surface area contributed by atoms with Gasteiger partial charge in [-0.1, -0.05) is 0 Å². The van der Waals surface area contributed by atoms with Crippen molar-refractivity contribution >= 4 is 22.2 Å². The van der Waals surface area contributed by atoms with E-state index < -0.39 is 0 Å². The molecule has 2 aromatic carbocycles. The first kappa shape index (κ1) is 18.3. The molecular formula is C21H19FN2O3S. The van der Waals surface area contributed by atoms with E-state index in [2.05, 4.69) is 4.98 Å². The van der Waals surface area contributed by atoms with Gasteiger partial charge in [0, 0.05) is 16.5 Å². The van der Waals surface area contributed by atoms with Crippen molar-refractivity contribution < 1.29 is 18.6 Å². The topological polar surface area (TPSA) is 56.4 Å². The Kier molecular flexibility index (Phi) is 4.68. The zero-order valence-electron chi connectivity index (χ0n) is 15.9. The fourth-order valence-corrected chi connectivity index (χ4v) is 4.23. The van der Waals surface area contributed by atoms with Gasteiger partial charge < -0.3 is 19.2 Å². The zero-order chi connectivity index (χ0) is 19.8. The van der Waals surface area contributed by atoms with Gasteiger partial charge in [0.15, 0.2) is 11.5 Å². The third-order valence-corrected chi connectivity index (χ3v) is 5.78. The number of thiazole rings is 1. The van der Waals surface area contributed by atoms with E-state index in [0.29, 0.717) is 17.2 Å². The lowest BCUT2D eigenvalue weighted by atomic mass is 10.2. The molecule has 0 aliphatic rings. The van der Waals surface area contributed by atoms with E-state index in [9.17, 15) is 4.39 Å². The predicted octanol–water partition coefficient (Wildman–Crippen LogP) is 5.43. The molecule has 2 heterocycles. The van der Waals surface area contributed by atoms with Crippen LogP contribution in [-0.4, -0.2) is 31.3 Å². The number of rotatable bonds is 5. The Morgan fingerprint density at radius 3 is 2.32 bits per heavy atom. The predicted molar refractivity (Wildman–Crippen MR) is 109 cm³/mol. The van der Waals surface area contributed by atoms with Gasteiger partial charge >= 0.3 is 0 Å². The Morgan fingerprint density at radius 1 is 0.964 bits per heavy atom. The monoisotopic (exact) mass is 398 g/mol. The third kappa shape index (κ3) is 3.07. The number of halogens is 1. The van der Waals surface area contributed by atoms with Crippen LogP contribution in [0.25, 0.3) is 32.0 Å². The molecular weight excluding hydrogens is 379 g/mol. The highest BCUT2D eigenvalue weighted by Crippen LogP contribution is 2.43. The van der Waals surface area contributed by atoms with E-state index in [4.69, 9.17) is 19.2 Å². The average molecular weight is 398 g/mol. The summed E-state index contributed by atoms with van der Waals surface area (Å²) in [5.74, 6) is 1.44. The van der Waals surface area contributed by atoms with Gasteiger partial charge in [0.25, 0.3) is 0 Å². The molecule has 2 aromatic heterocycles. The largest absolute Gasteiger partial charge is 0.493 e. The van der Waals surface area contributed by atoms with E-state index in [-0.39, 0.29) is 5.82 Å². The molecule has 0 amide bonds. The maximum atomic E-state index is 13.5. The van der Waals surface area contributed by atoms with Gasteiger partial charge in [-0.3, -0.25) is 0 Å². The van der Waals surface area contributed by atoms with E-state index >= 15 is 0 Å². The molecule has 0 spiro atoms. The zero-order valence-corrected chi connectivity index (χ0v) is 16.7. The summed E-state index contributed by atoms with van der Waals surface area (Å²) in [6, 6.07) is 10.4. The lowest BCUT2D eigenvalue weighted by Crippen LogP contribution is -1.95. The van der Waals surface area contributed by atoms with Crippen LogP contribution in [0.1, 0.15) is 5.69 Å². The Balaban J connectivity index is 1.81. The Hall–Kier alpha value is -3.06. The van der Waals surface area contributed by atoms with Crippen LogP contribution in [0.4, 0.5) is 4.39 Å². The van der Waals surface area contributed by atoms with Crippen molar-refractivity contribution in [3.8, 4) is 38.4 Å².